The van der Waals surface area contributed by atoms with Crippen LogP contribution in [0.4, 0.5) is 5.69 Å². The van der Waals surface area contributed by atoms with Crippen molar-refractivity contribution in [2.24, 2.45) is 0 Å². The Hall–Kier alpha value is -3.16. The molecule has 0 saturated carbocycles. The Balaban J connectivity index is 2.61. The predicted octanol–water partition coefficient (Wildman–Crippen LogP) is 3.35. The highest BCUT2D eigenvalue weighted by atomic mass is 14.7. The number of nitriles is 2. The van der Waals surface area contributed by atoms with E-state index in [0.717, 1.165) is 0 Å². The van der Waals surface area contributed by atoms with Crippen molar-refractivity contribution in [1.29, 1.82) is 10.5 Å². The molecule has 1 aromatic carbocycles. The van der Waals surface area contributed by atoms with Crippen molar-refractivity contribution in [3.8, 4) is 23.4 Å². The second kappa shape index (κ2) is 5.00. The van der Waals surface area contributed by atoms with Gasteiger partial charge < -0.3 is 0 Å². The minimum absolute atomic E-state index is 0.0915. The molecule has 88 valence electrons. The van der Waals surface area contributed by atoms with E-state index in [1.165, 1.54) is 30.5 Å². The van der Waals surface area contributed by atoms with E-state index in [4.69, 9.17) is 15.9 Å². The van der Waals surface area contributed by atoms with Crippen molar-refractivity contribution in [3.05, 3.63) is 58.6 Å². The molecule has 1 aromatic heterocycles. The highest BCUT2D eigenvalue weighted by Gasteiger charge is 2.12. The molecular formula is C15H8N4. The van der Waals surface area contributed by atoms with E-state index in [-0.39, 0.29) is 22.4 Å². The van der Waals surface area contributed by atoms with Crippen LogP contribution in [-0.2, 0) is 0 Å². The lowest BCUT2D eigenvalue weighted by molar-refractivity contribution is 1.27. The molecule has 0 saturated heterocycles. The maximum atomic E-state index is 9.19. The minimum atomic E-state index is -2.25. The van der Waals surface area contributed by atoms with Crippen molar-refractivity contribution >= 4 is 5.69 Å². The first-order chi connectivity index (χ1) is 10.4. The summed E-state index contributed by atoms with van der Waals surface area (Å²) < 4.78 is 21.9. The number of hydrogen-bond donors (Lipinski definition) is 0. The topological polar surface area (TPSA) is 64.8 Å². The van der Waals surface area contributed by atoms with Gasteiger partial charge in [-0.1, -0.05) is 6.07 Å². The van der Waals surface area contributed by atoms with Crippen LogP contribution < -0.4 is 0 Å². The summed E-state index contributed by atoms with van der Waals surface area (Å²) in [6.45, 7) is 4.83. The molecule has 0 atom stereocenters. The van der Waals surface area contributed by atoms with Gasteiger partial charge in [0.15, 0.2) is 0 Å². The summed E-state index contributed by atoms with van der Waals surface area (Å²) in [4.78, 5) is 7.32. The highest BCUT2D eigenvalue weighted by Crippen LogP contribution is 2.29. The molecule has 0 amide bonds. The maximum absolute atomic E-state index is 9.19. The number of nitrogens with zero attached hydrogens (tertiary/aromatic N) is 4. The Morgan fingerprint density at radius 2 is 2.05 bits per heavy atom. The quantitative estimate of drug-likeness (QED) is 0.726. The second-order valence-corrected chi connectivity index (χ2v) is 3.68. The van der Waals surface area contributed by atoms with E-state index in [1.54, 1.807) is 0 Å². The Bertz CT molecular complexity index is 847. The lowest BCUT2D eigenvalue weighted by Gasteiger charge is -2.06. The molecular weight excluding hydrogens is 236 g/mol. The van der Waals surface area contributed by atoms with E-state index >= 15 is 0 Å². The summed E-state index contributed by atoms with van der Waals surface area (Å²) >= 11 is 0. The van der Waals surface area contributed by atoms with Crippen LogP contribution in [0.25, 0.3) is 16.1 Å². The smallest absolute Gasteiger partial charge is 0.205 e. The average molecular weight is 247 g/mol. The molecule has 2 aromatic rings. The molecule has 0 aliphatic rings. The summed E-state index contributed by atoms with van der Waals surface area (Å²) in [7, 11) is 0. The van der Waals surface area contributed by atoms with Gasteiger partial charge in [-0.2, -0.15) is 10.5 Å². The van der Waals surface area contributed by atoms with Gasteiger partial charge in [-0.05, 0) is 30.6 Å². The molecule has 0 spiro atoms. The van der Waals surface area contributed by atoms with Crippen LogP contribution in [0.2, 0.25) is 0 Å². The number of rotatable bonds is 1. The van der Waals surface area contributed by atoms with Crippen LogP contribution in [0.1, 0.15) is 20.8 Å². The standard InChI is InChI=1S/C15H8N4/c1-10-3-4-14(19-9-10)13-6-15(18-2)12(8-17)5-11(13)7-16/h3-6,9H,1H3/i1D3. The minimum Gasteiger partial charge on any atom is -0.256 e. The van der Waals surface area contributed by atoms with Crippen molar-refractivity contribution in [1.82, 2.24) is 4.98 Å². The maximum Gasteiger partial charge on any atom is 0.205 e. The molecule has 19 heavy (non-hydrogen) atoms. The second-order valence-electron chi connectivity index (χ2n) is 3.68. The van der Waals surface area contributed by atoms with Crippen LogP contribution in [0, 0.1) is 36.1 Å². The van der Waals surface area contributed by atoms with E-state index in [9.17, 15) is 5.26 Å². The predicted molar refractivity (Wildman–Crippen MR) is 70.1 cm³/mol. The van der Waals surface area contributed by atoms with Gasteiger partial charge in [0.25, 0.3) is 0 Å². The Morgan fingerprint density at radius 1 is 1.26 bits per heavy atom. The van der Waals surface area contributed by atoms with Gasteiger partial charge in [0.1, 0.15) is 0 Å². The third-order valence-electron chi connectivity index (χ3n) is 2.54. The molecule has 4 nitrogen and oxygen atoms in total. The fourth-order valence-corrected chi connectivity index (χ4v) is 1.63. The largest absolute Gasteiger partial charge is 0.256 e. The molecule has 0 aliphatic carbocycles. The first kappa shape index (κ1) is 8.86. The fraction of sp³-hybridized carbons (Fsp3) is 0.0667. The van der Waals surface area contributed by atoms with Gasteiger partial charge in [0.2, 0.25) is 5.69 Å². The van der Waals surface area contributed by atoms with E-state index in [0.29, 0.717) is 11.3 Å². The van der Waals surface area contributed by atoms with Crippen molar-refractivity contribution in [2.45, 2.75) is 6.85 Å². The third kappa shape index (κ3) is 2.27. The highest BCUT2D eigenvalue weighted by molar-refractivity contribution is 5.76. The third-order valence-corrected chi connectivity index (χ3v) is 2.54. The number of aromatic nitrogens is 1. The zero-order chi connectivity index (χ0) is 16.3. The average Bonchev–Trinajstić information content (AvgIpc) is 2.52. The summed E-state index contributed by atoms with van der Waals surface area (Å²) in [5.74, 6) is 0. The van der Waals surface area contributed by atoms with Crippen LogP contribution in [0.15, 0.2) is 30.5 Å². The first-order valence-corrected chi connectivity index (χ1v) is 5.23. The van der Waals surface area contributed by atoms with Gasteiger partial charge >= 0.3 is 0 Å². The number of hydrogen-bond acceptors (Lipinski definition) is 3. The lowest BCUT2D eigenvalue weighted by atomic mass is 10.00. The van der Waals surface area contributed by atoms with Crippen LogP contribution in [0.5, 0.6) is 0 Å². The normalized spacial score (nSPS) is 12.2. The van der Waals surface area contributed by atoms with Gasteiger partial charge in [0.05, 0.1) is 35.5 Å². The summed E-state index contributed by atoms with van der Waals surface area (Å²) in [6.07, 6.45) is 1.22. The Labute approximate surface area is 115 Å². The number of benzene rings is 1. The number of pyridine rings is 1. The number of aryl methyl sites for hydroxylation is 1. The Morgan fingerprint density at radius 3 is 2.58 bits per heavy atom. The van der Waals surface area contributed by atoms with Crippen LogP contribution >= 0.6 is 0 Å². The Kier molecular flexibility index (Phi) is 2.33. The zero-order valence-electron chi connectivity index (χ0n) is 12.7. The molecule has 1 heterocycles. The summed E-state index contributed by atoms with van der Waals surface area (Å²) in [6, 6.07) is 9.48. The summed E-state index contributed by atoms with van der Waals surface area (Å²) in [5, 5.41) is 18.2. The van der Waals surface area contributed by atoms with E-state index < -0.39 is 6.85 Å². The summed E-state index contributed by atoms with van der Waals surface area (Å²) in [5.41, 5.74) is 1.31. The zero-order valence-corrected chi connectivity index (χ0v) is 9.68. The van der Waals surface area contributed by atoms with Gasteiger partial charge in [-0.15, -0.1) is 0 Å². The molecule has 0 fully saturated rings. The van der Waals surface area contributed by atoms with Gasteiger partial charge in [-0.3, -0.25) is 4.98 Å². The molecule has 0 unspecified atom stereocenters. The van der Waals surface area contributed by atoms with E-state index in [1.807, 2.05) is 12.1 Å². The van der Waals surface area contributed by atoms with Crippen molar-refractivity contribution in [3.63, 3.8) is 0 Å². The molecule has 0 bridgehead atoms. The van der Waals surface area contributed by atoms with Crippen LogP contribution in [0.3, 0.4) is 0 Å². The SMILES string of the molecule is [2H]C([2H])([2H])c1ccc(-c2cc([N+]#[C-])c(C#N)cc2C#N)nc1. The van der Waals surface area contributed by atoms with Crippen molar-refractivity contribution < 1.29 is 4.11 Å². The van der Waals surface area contributed by atoms with E-state index in [2.05, 4.69) is 9.83 Å². The molecule has 0 radical (unpaired) electrons. The fourth-order valence-electron chi connectivity index (χ4n) is 1.63. The molecule has 4 heteroatoms. The first-order valence-electron chi connectivity index (χ1n) is 6.73. The van der Waals surface area contributed by atoms with Crippen LogP contribution in [-0.4, -0.2) is 4.98 Å². The van der Waals surface area contributed by atoms with Crippen molar-refractivity contribution in [2.75, 3.05) is 0 Å². The monoisotopic (exact) mass is 247 g/mol. The molecule has 0 aliphatic heterocycles. The molecule has 2 rings (SSSR count). The van der Waals surface area contributed by atoms with Gasteiger partial charge in [0, 0.05) is 15.9 Å². The molecule has 0 N–H and O–H groups in total. The lowest BCUT2D eigenvalue weighted by Crippen LogP contribution is -1.90. The van der Waals surface area contributed by atoms with Gasteiger partial charge in [-0.25, -0.2) is 4.85 Å².